The molecule has 0 saturated heterocycles. The number of amides is 2. The molecule has 0 spiro atoms. The van der Waals surface area contributed by atoms with Gasteiger partial charge < -0.3 is 39.4 Å². The lowest BCUT2D eigenvalue weighted by Gasteiger charge is -2.28. The molecular weight excluding hydrogens is 556 g/mol. The van der Waals surface area contributed by atoms with E-state index < -0.39 is 24.3 Å². The van der Waals surface area contributed by atoms with Crippen LogP contribution in [0.1, 0.15) is 31.0 Å². The van der Waals surface area contributed by atoms with Gasteiger partial charge in [0.2, 0.25) is 0 Å². The van der Waals surface area contributed by atoms with E-state index in [0.717, 1.165) is 0 Å². The highest BCUT2D eigenvalue weighted by molar-refractivity contribution is 6.32. The molecule has 2 amide bonds. The fourth-order valence-corrected chi connectivity index (χ4v) is 4.16. The van der Waals surface area contributed by atoms with Gasteiger partial charge in [-0.05, 0) is 49.2 Å². The lowest BCUT2D eigenvalue weighted by Crippen LogP contribution is -2.45. The number of halogens is 1. The molecule has 0 unspecified atom stereocenters. The number of carbonyl (C=O) groups is 2. The summed E-state index contributed by atoms with van der Waals surface area (Å²) in [5.41, 5.74) is 4.35. The number of ether oxygens (including phenoxy) is 5. The summed E-state index contributed by atoms with van der Waals surface area (Å²) in [5, 5.41) is 20.0. The Morgan fingerprint density at radius 3 is 2.68 bits per heavy atom. The number of hydrazone groups is 1. The van der Waals surface area contributed by atoms with Crippen LogP contribution in [0.4, 0.5) is 4.79 Å². The van der Waals surface area contributed by atoms with Crippen molar-refractivity contribution in [3.8, 4) is 35.3 Å². The average Bonchev–Trinajstić information content (AvgIpc) is 2.95. The first-order valence-corrected chi connectivity index (χ1v) is 12.8. The molecule has 41 heavy (non-hydrogen) atoms. The summed E-state index contributed by atoms with van der Waals surface area (Å²) in [4.78, 5) is 24.5. The van der Waals surface area contributed by atoms with Gasteiger partial charge in [0.25, 0.3) is 0 Å². The summed E-state index contributed by atoms with van der Waals surface area (Å²) in [6, 6.07) is 6.97. The molecule has 3 rings (SSSR count). The number of nitrogens with one attached hydrogen (secondary N) is 3. The lowest BCUT2D eigenvalue weighted by molar-refractivity contribution is -0.136. The second-order valence-corrected chi connectivity index (χ2v) is 8.85. The Kier molecular flexibility index (Phi) is 11.1. The van der Waals surface area contributed by atoms with Gasteiger partial charge in [0, 0.05) is 5.70 Å². The van der Waals surface area contributed by atoms with Gasteiger partial charge in [-0.25, -0.2) is 9.59 Å². The van der Waals surface area contributed by atoms with E-state index in [1.807, 2.05) is 0 Å². The number of hydrogen-bond acceptors (Lipinski definition) is 10. The molecule has 0 aromatic heterocycles. The van der Waals surface area contributed by atoms with Crippen LogP contribution in [0.3, 0.4) is 0 Å². The number of aliphatic hydroxyl groups excluding tert-OH is 1. The Bertz CT molecular complexity index is 1370. The normalized spacial score (nSPS) is 15.3. The van der Waals surface area contributed by atoms with Crippen molar-refractivity contribution in [2.75, 3.05) is 34.0 Å². The molecule has 1 aliphatic rings. The van der Waals surface area contributed by atoms with Crippen molar-refractivity contribution >= 4 is 29.8 Å². The molecule has 4 N–H and O–H groups in total. The Labute approximate surface area is 242 Å². The van der Waals surface area contributed by atoms with Gasteiger partial charge in [-0.3, -0.25) is 5.43 Å². The van der Waals surface area contributed by atoms with E-state index in [4.69, 9.17) is 41.7 Å². The third-order valence-electron chi connectivity index (χ3n) is 5.66. The molecule has 0 radical (unpaired) electrons. The minimum atomic E-state index is -1.18. The summed E-state index contributed by atoms with van der Waals surface area (Å²) in [7, 11) is 2.73. The second kappa shape index (κ2) is 14.7. The summed E-state index contributed by atoms with van der Waals surface area (Å²) in [5.74, 6) is 3.16. The van der Waals surface area contributed by atoms with Crippen LogP contribution < -0.4 is 35.0 Å². The smallest absolute Gasteiger partial charge is 0.337 e. The number of urea groups is 1. The van der Waals surface area contributed by atoms with Crippen LogP contribution in [0.15, 0.2) is 46.7 Å². The number of nitrogens with zero attached hydrogens (tertiary/aromatic N) is 1. The van der Waals surface area contributed by atoms with Crippen LogP contribution in [-0.4, -0.2) is 63.6 Å². The van der Waals surface area contributed by atoms with Gasteiger partial charge in [-0.1, -0.05) is 23.6 Å². The molecule has 0 bridgehead atoms. The van der Waals surface area contributed by atoms with Crippen molar-refractivity contribution in [3.05, 3.63) is 57.8 Å². The van der Waals surface area contributed by atoms with Crippen molar-refractivity contribution in [2.45, 2.75) is 26.1 Å². The van der Waals surface area contributed by atoms with Gasteiger partial charge in [-0.15, -0.1) is 6.42 Å². The molecule has 13 heteroatoms. The van der Waals surface area contributed by atoms with Crippen molar-refractivity contribution < 1.29 is 38.4 Å². The van der Waals surface area contributed by atoms with Crippen molar-refractivity contribution in [2.24, 2.45) is 5.10 Å². The minimum absolute atomic E-state index is 0.0326. The largest absolute Gasteiger partial charge is 0.493 e. The molecule has 2 aromatic carbocycles. The summed E-state index contributed by atoms with van der Waals surface area (Å²) < 4.78 is 27.1. The first-order valence-electron chi connectivity index (χ1n) is 12.4. The fourth-order valence-electron chi connectivity index (χ4n) is 3.89. The second-order valence-electron chi connectivity index (χ2n) is 8.44. The minimum Gasteiger partial charge on any atom is -0.493 e. The van der Waals surface area contributed by atoms with E-state index in [2.05, 4.69) is 27.1 Å². The van der Waals surface area contributed by atoms with Crippen LogP contribution >= 0.6 is 11.6 Å². The van der Waals surface area contributed by atoms with E-state index in [1.54, 1.807) is 44.2 Å². The first kappa shape index (κ1) is 30.9. The highest BCUT2D eigenvalue weighted by Gasteiger charge is 2.32. The van der Waals surface area contributed by atoms with E-state index in [9.17, 15) is 14.7 Å². The van der Waals surface area contributed by atoms with E-state index >= 15 is 0 Å². The highest BCUT2D eigenvalue weighted by Crippen LogP contribution is 2.36. The average molecular weight is 587 g/mol. The monoisotopic (exact) mass is 586 g/mol. The summed E-state index contributed by atoms with van der Waals surface area (Å²) >= 11 is 6.27. The van der Waals surface area contributed by atoms with Crippen molar-refractivity contribution in [1.29, 1.82) is 0 Å². The van der Waals surface area contributed by atoms with Gasteiger partial charge >= 0.3 is 12.0 Å². The number of terminal acetylenes is 1. The Morgan fingerprint density at radius 1 is 1.22 bits per heavy atom. The highest BCUT2D eigenvalue weighted by atomic mass is 35.5. The number of esters is 1. The van der Waals surface area contributed by atoms with Crippen LogP contribution in [-0.2, 0) is 9.53 Å². The van der Waals surface area contributed by atoms with E-state index in [0.29, 0.717) is 46.4 Å². The molecule has 2 aromatic rings. The van der Waals surface area contributed by atoms with Gasteiger partial charge in [0.15, 0.2) is 29.2 Å². The summed E-state index contributed by atoms with van der Waals surface area (Å²) in [6.45, 7) is 3.58. The maximum absolute atomic E-state index is 12.4. The fraction of sp³-hybridized carbons (Fsp3) is 0.321. The Balaban J connectivity index is 1.69. The zero-order chi connectivity index (χ0) is 29.9. The SMILES string of the molecule is C#CCOc1c(Cl)cc(/C=N\N[C@H](O)COc2ccc([C@H]3NC(=O)NC(C)=C3C(=O)OC)cc2OCC)cc1OC. The molecule has 0 aliphatic carbocycles. The summed E-state index contributed by atoms with van der Waals surface area (Å²) in [6.07, 6.45) is 5.48. The van der Waals surface area contributed by atoms with Crippen LogP contribution in [0, 0.1) is 12.3 Å². The van der Waals surface area contributed by atoms with Gasteiger partial charge in [0.1, 0.15) is 13.2 Å². The standard InChI is InChI=1S/C28H31ClN4O8/c1-6-10-40-26-19(29)11-17(12-22(26)37-4)14-30-33-23(34)15-41-20-9-8-18(13-21(20)39-7-2)25-24(27(35)38-5)16(3)31-28(36)32-25/h1,8-9,11-14,23,25,33-34H,7,10,15H2,2-5H3,(H2,31,32,36)/b30-14-/t23-,25-/m1/s1. The van der Waals surface area contributed by atoms with E-state index in [1.165, 1.54) is 20.4 Å². The maximum Gasteiger partial charge on any atom is 0.337 e. The number of allylic oxidation sites excluding steroid dienone is 1. The quantitative estimate of drug-likeness (QED) is 0.0913. The maximum atomic E-state index is 12.4. The number of rotatable bonds is 13. The molecule has 12 nitrogen and oxygen atoms in total. The first-order chi connectivity index (χ1) is 19.7. The van der Waals surface area contributed by atoms with Crippen LogP contribution in [0.5, 0.6) is 23.0 Å². The number of carbonyl (C=O) groups excluding carboxylic acids is 2. The zero-order valence-corrected chi connectivity index (χ0v) is 23.7. The number of aliphatic hydroxyl groups is 1. The third-order valence-corrected chi connectivity index (χ3v) is 5.94. The van der Waals surface area contributed by atoms with Crippen molar-refractivity contribution in [1.82, 2.24) is 16.1 Å². The third kappa shape index (κ3) is 7.97. The molecule has 1 heterocycles. The van der Waals surface area contributed by atoms with Crippen LogP contribution in [0.25, 0.3) is 0 Å². The molecule has 2 atom stereocenters. The number of benzene rings is 2. The molecule has 0 fully saturated rings. The Morgan fingerprint density at radius 2 is 2.00 bits per heavy atom. The Hall–Kier alpha value is -4.60. The predicted octanol–water partition coefficient (Wildman–Crippen LogP) is 2.88. The molecular formula is C28H31ClN4O8. The van der Waals surface area contributed by atoms with Gasteiger partial charge in [0.05, 0.1) is 43.7 Å². The molecule has 218 valence electrons. The van der Waals surface area contributed by atoms with Crippen molar-refractivity contribution in [3.63, 3.8) is 0 Å². The predicted molar refractivity (Wildman–Crippen MR) is 151 cm³/mol. The molecule has 1 aliphatic heterocycles. The lowest BCUT2D eigenvalue weighted by atomic mass is 9.95. The van der Waals surface area contributed by atoms with Gasteiger partial charge in [-0.2, -0.15) is 5.10 Å². The number of hydrogen-bond donors (Lipinski definition) is 4. The zero-order valence-electron chi connectivity index (χ0n) is 22.9. The number of methoxy groups -OCH3 is 2. The van der Waals surface area contributed by atoms with E-state index in [-0.39, 0.29) is 23.8 Å². The van der Waals surface area contributed by atoms with Crippen LogP contribution in [0.2, 0.25) is 5.02 Å². The molecule has 0 saturated carbocycles. The topological polar surface area (TPSA) is 149 Å².